The lowest BCUT2D eigenvalue weighted by Crippen LogP contribution is -2.37. The van der Waals surface area contributed by atoms with Gasteiger partial charge >= 0.3 is 0 Å². The van der Waals surface area contributed by atoms with Crippen molar-refractivity contribution in [2.75, 3.05) is 11.5 Å². The normalized spacial score (nSPS) is 29.1. The van der Waals surface area contributed by atoms with Crippen LogP contribution >= 0.6 is 0 Å². The second kappa shape index (κ2) is 5.11. The van der Waals surface area contributed by atoms with E-state index in [0.717, 1.165) is 25.7 Å². The summed E-state index contributed by atoms with van der Waals surface area (Å²) in [6, 6.07) is 0. The summed E-state index contributed by atoms with van der Waals surface area (Å²) in [6.07, 6.45) is 6.87. The van der Waals surface area contributed by atoms with E-state index in [-0.39, 0.29) is 17.4 Å². The van der Waals surface area contributed by atoms with Crippen LogP contribution in [0.1, 0.15) is 62.6 Å². The van der Waals surface area contributed by atoms with Crippen LogP contribution in [-0.4, -0.2) is 30.1 Å². The Morgan fingerprint density at radius 3 is 2.50 bits per heavy atom. The molecule has 0 aromatic carbocycles. The van der Waals surface area contributed by atoms with Gasteiger partial charge in [-0.2, -0.15) is 4.98 Å². The predicted octanol–water partition coefficient (Wildman–Crippen LogP) is 1.48. The fourth-order valence-corrected chi connectivity index (χ4v) is 4.91. The van der Waals surface area contributed by atoms with Crippen LogP contribution in [0.2, 0.25) is 0 Å². The summed E-state index contributed by atoms with van der Waals surface area (Å²) in [5.74, 6) is 1.17. The molecule has 0 bridgehead atoms. The summed E-state index contributed by atoms with van der Waals surface area (Å²) in [4.78, 5) is 4.43. The molecule has 1 aromatic heterocycles. The third kappa shape index (κ3) is 2.74. The van der Waals surface area contributed by atoms with Crippen LogP contribution in [0.25, 0.3) is 0 Å². The highest BCUT2D eigenvalue weighted by atomic mass is 32.2. The molecule has 1 aromatic rings. The van der Waals surface area contributed by atoms with Gasteiger partial charge in [0.1, 0.15) is 0 Å². The first-order valence-electron chi connectivity index (χ1n) is 7.32. The average molecular weight is 299 g/mol. The Labute approximate surface area is 119 Å². The first kappa shape index (κ1) is 14.0. The largest absolute Gasteiger partial charge is 0.339 e. The number of rotatable bonds is 2. The first-order chi connectivity index (χ1) is 9.49. The van der Waals surface area contributed by atoms with Gasteiger partial charge in [0, 0.05) is 0 Å². The zero-order chi connectivity index (χ0) is 14.2. The van der Waals surface area contributed by atoms with E-state index in [9.17, 15) is 8.42 Å². The van der Waals surface area contributed by atoms with Crippen molar-refractivity contribution in [1.29, 1.82) is 0 Å². The lowest BCUT2D eigenvalue weighted by Gasteiger charge is -2.23. The lowest BCUT2D eigenvalue weighted by molar-refractivity contribution is 0.319. The summed E-state index contributed by atoms with van der Waals surface area (Å²) in [6.45, 7) is 0. The van der Waals surface area contributed by atoms with E-state index in [0.29, 0.717) is 18.1 Å². The van der Waals surface area contributed by atoms with Crippen LogP contribution in [0.15, 0.2) is 4.52 Å². The highest BCUT2D eigenvalue weighted by molar-refractivity contribution is 7.91. The summed E-state index contributed by atoms with van der Waals surface area (Å²) in [5, 5.41) is 4.04. The zero-order valence-electron chi connectivity index (χ0n) is 11.5. The Morgan fingerprint density at radius 2 is 1.90 bits per heavy atom. The molecule has 6 nitrogen and oxygen atoms in total. The van der Waals surface area contributed by atoms with Crippen LogP contribution in [-0.2, 0) is 15.4 Å². The molecule has 112 valence electrons. The molecule has 2 fully saturated rings. The molecular formula is C13H21N3O3S. The Balaban J connectivity index is 1.79. The van der Waals surface area contributed by atoms with Crippen molar-refractivity contribution in [3.63, 3.8) is 0 Å². The van der Waals surface area contributed by atoms with Gasteiger partial charge in [0.15, 0.2) is 15.7 Å². The van der Waals surface area contributed by atoms with Crippen LogP contribution in [0.4, 0.5) is 0 Å². The van der Waals surface area contributed by atoms with E-state index in [1.807, 2.05) is 0 Å². The monoisotopic (exact) mass is 299 g/mol. The quantitative estimate of drug-likeness (QED) is 0.830. The fraction of sp³-hybridized carbons (Fsp3) is 0.846. The molecule has 2 heterocycles. The van der Waals surface area contributed by atoms with E-state index >= 15 is 0 Å². The van der Waals surface area contributed by atoms with Crippen molar-refractivity contribution >= 4 is 9.84 Å². The van der Waals surface area contributed by atoms with Gasteiger partial charge in [-0.15, -0.1) is 0 Å². The molecule has 0 spiro atoms. The van der Waals surface area contributed by atoms with E-state index in [4.69, 9.17) is 10.3 Å². The molecular weight excluding hydrogens is 278 g/mol. The maximum Gasteiger partial charge on any atom is 0.230 e. The molecule has 1 atom stereocenters. The maximum atomic E-state index is 11.5. The van der Waals surface area contributed by atoms with Crippen molar-refractivity contribution in [1.82, 2.24) is 10.1 Å². The number of sulfone groups is 1. The second-order valence-corrected chi connectivity index (χ2v) is 8.36. The van der Waals surface area contributed by atoms with Crippen LogP contribution in [0.5, 0.6) is 0 Å². The Bertz CT molecular complexity index is 573. The number of hydrogen-bond donors (Lipinski definition) is 1. The minimum atomic E-state index is -2.94. The molecule has 0 radical (unpaired) electrons. The Kier molecular flexibility index (Phi) is 3.58. The molecule has 2 aliphatic rings. The second-order valence-electron chi connectivity index (χ2n) is 6.13. The van der Waals surface area contributed by atoms with Gasteiger partial charge in [0.25, 0.3) is 0 Å². The molecule has 3 rings (SSSR count). The van der Waals surface area contributed by atoms with Gasteiger partial charge in [0.2, 0.25) is 5.89 Å². The Hall–Kier alpha value is -0.950. The van der Waals surface area contributed by atoms with E-state index in [1.54, 1.807) is 0 Å². The van der Waals surface area contributed by atoms with Crippen molar-refractivity contribution in [3.8, 4) is 0 Å². The zero-order valence-corrected chi connectivity index (χ0v) is 12.4. The van der Waals surface area contributed by atoms with Gasteiger partial charge in [-0.25, -0.2) is 8.42 Å². The molecule has 20 heavy (non-hydrogen) atoms. The highest BCUT2D eigenvalue weighted by Crippen LogP contribution is 2.34. The Morgan fingerprint density at radius 1 is 1.20 bits per heavy atom. The molecule has 1 aliphatic carbocycles. The molecule has 1 aliphatic heterocycles. The van der Waals surface area contributed by atoms with E-state index in [2.05, 4.69) is 10.1 Å². The predicted molar refractivity (Wildman–Crippen MR) is 73.9 cm³/mol. The summed E-state index contributed by atoms with van der Waals surface area (Å²) >= 11 is 0. The lowest BCUT2D eigenvalue weighted by atomic mass is 9.91. The smallest absolute Gasteiger partial charge is 0.230 e. The number of nitrogens with two attached hydrogens (primary N) is 1. The van der Waals surface area contributed by atoms with Crippen LogP contribution in [0.3, 0.4) is 0 Å². The van der Waals surface area contributed by atoms with Gasteiger partial charge in [-0.3, -0.25) is 0 Å². The maximum absolute atomic E-state index is 11.5. The molecule has 7 heteroatoms. The third-order valence-electron chi connectivity index (χ3n) is 4.46. The highest BCUT2D eigenvalue weighted by Gasteiger charge is 2.37. The van der Waals surface area contributed by atoms with Gasteiger partial charge < -0.3 is 10.3 Å². The topological polar surface area (TPSA) is 99.1 Å². The van der Waals surface area contributed by atoms with Crippen molar-refractivity contribution in [3.05, 3.63) is 11.7 Å². The molecule has 2 N–H and O–H groups in total. The molecule has 1 saturated heterocycles. The van der Waals surface area contributed by atoms with E-state index < -0.39 is 15.4 Å². The van der Waals surface area contributed by atoms with E-state index in [1.165, 1.54) is 12.8 Å². The minimum absolute atomic E-state index is 0.117. The summed E-state index contributed by atoms with van der Waals surface area (Å²) in [5.41, 5.74) is 5.94. The average Bonchev–Trinajstić information content (AvgIpc) is 2.94. The number of aromatic nitrogens is 2. The molecule has 1 saturated carbocycles. The summed E-state index contributed by atoms with van der Waals surface area (Å²) < 4.78 is 28.3. The third-order valence-corrected chi connectivity index (χ3v) is 6.23. The first-order valence-corrected chi connectivity index (χ1v) is 9.14. The minimum Gasteiger partial charge on any atom is -0.339 e. The molecule has 0 amide bonds. The van der Waals surface area contributed by atoms with Crippen molar-refractivity contribution in [2.24, 2.45) is 5.73 Å². The van der Waals surface area contributed by atoms with Gasteiger partial charge in [-0.05, 0) is 19.3 Å². The van der Waals surface area contributed by atoms with Crippen molar-refractivity contribution < 1.29 is 12.9 Å². The van der Waals surface area contributed by atoms with Crippen LogP contribution < -0.4 is 5.73 Å². The summed E-state index contributed by atoms with van der Waals surface area (Å²) in [7, 11) is -2.94. The number of hydrogen-bond acceptors (Lipinski definition) is 6. The van der Waals surface area contributed by atoms with Crippen molar-refractivity contribution in [2.45, 2.75) is 56.4 Å². The fourth-order valence-electron chi connectivity index (χ4n) is 3.18. The molecule has 1 unspecified atom stereocenters. The standard InChI is InChI=1S/C13H21N3O3S/c14-13(6-3-1-2-4-7-13)12-15-11(19-16-12)10-5-8-20(17,18)9-10/h10H,1-9,14H2. The SMILES string of the molecule is NC1(c2noc(C3CCS(=O)(=O)C3)n2)CCCCCC1. The van der Waals surface area contributed by atoms with Gasteiger partial charge in [0.05, 0.1) is 23.0 Å². The van der Waals surface area contributed by atoms with Gasteiger partial charge in [-0.1, -0.05) is 30.8 Å². The number of nitrogens with zero attached hydrogens (tertiary/aromatic N) is 2. The van der Waals surface area contributed by atoms with Crippen LogP contribution in [0, 0.1) is 0 Å².